The third-order valence-electron chi connectivity index (χ3n) is 6.80. The number of nitrogens with two attached hydrogens (primary N) is 1. The Balaban J connectivity index is 1.78. The molecule has 27 heavy (non-hydrogen) atoms. The number of pyridine rings is 1. The van der Waals surface area contributed by atoms with Gasteiger partial charge in [-0.1, -0.05) is 13.8 Å². The first-order valence-electron chi connectivity index (χ1n) is 10.3. The van der Waals surface area contributed by atoms with Crippen molar-refractivity contribution < 1.29 is 15.0 Å². The van der Waals surface area contributed by atoms with E-state index in [2.05, 4.69) is 11.9 Å². The van der Waals surface area contributed by atoms with Crippen LogP contribution < -0.4 is 5.73 Å². The fraction of sp³-hybridized carbons (Fsp3) is 0.727. The van der Waals surface area contributed by atoms with Gasteiger partial charge in [0, 0.05) is 24.4 Å². The molecular weight excluding hydrogens is 340 g/mol. The van der Waals surface area contributed by atoms with Crippen LogP contribution >= 0.6 is 0 Å². The second-order valence-corrected chi connectivity index (χ2v) is 9.45. The molecule has 1 heterocycles. The maximum Gasteiger partial charge on any atom is 0.337 e. The van der Waals surface area contributed by atoms with Crippen LogP contribution in [0.25, 0.3) is 0 Å². The van der Waals surface area contributed by atoms with Gasteiger partial charge in [-0.05, 0) is 86.3 Å². The van der Waals surface area contributed by atoms with Crippen LogP contribution in [0.15, 0.2) is 12.3 Å². The average molecular weight is 375 g/mol. The summed E-state index contributed by atoms with van der Waals surface area (Å²) in [5, 5.41) is 20.5. The monoisotopic (exact) mass is 374 g/mol. The molecule has 2 saturated carbocycles. The van der Waals surface area contributed by atoms with Crippen molar-refractivity contribution in [1.29, 1.82) is 0 Å². The zero-order valence-electron chi connectivity index (χ0n) is 16.9. The van der Waals surface area contributed by atoms with Crippen molar-refractivity contribution in [2.24, 2.45) is 17.1 Å². The van der Waals surface area contributed by atoms with E-state index in [0.717, 1.165) is 5.56 Å². The number of hydrogen-bond acceptors (Lipinski definition) is 4. The molecule has 2 aliphatic rings. The fourth-order valence-electron chi connectivity index (χ4n) is 4.68. The van der Waals surface area contributed by atoms with Crippen molar-refractivity contribution in [2.45, 2.75) is 89.7 Å². The number of aromatic nitrogens is 1. The first-order valence-corrected chi connectivity index (χ1v) is 10.3. The lowest BCUT2D eigenvalue weighted by atomic mass is 9.75. The number of carbonyl (C=O) groups is 1. The van der Waals surface area contributed by atoms with Crippen molar-refractivity contribution >= 4 is 5.97 Å². The normalized spacial score (nSPS) is 22.6. The molecule has 0 unspecified atom stereocenters. The summed E-state index contributed by atoms with van der Waals surface area (Å²) < 4.78 is 0. The Hall–Kier alpha value is -1.46. The summed E-state index contributed by atoms with van der Waals surface area (Å²) in [6, 6.07) is 1.19. The number of aryl methyl sites for hydroxylation is 1. The lowest BCUT2D eigenvalue weighted by Gasteiger charge is -2.32. The predicted molar refractivity (Wildman–Crippen MR) is 106 cm³/mol. The van der Waals surface area contributed by atoms with Gasteiger partial charge in [-0.15, -0.1) is 0 Å². The molecule has 0 radical (unpaired) electrons. The van der Waals surface area contributed by atoms with Crippen molar-refractivity contribution in [1.82, 2.24) is 4.98 Å². The Morgan fingerprint density at radius 2 is 1.96 bits per heavy atom. The summed E-state index contributed by atoms with van der Waals surface area (Å²) in [6.07, 6.45) is 9.98. The van der Waals surface area contributed by atoms with Crippen molar-refractivity contribution in [2.75, 3.05) is 0 Å². The summed E-state index contributed by atoms with van der Waals surface area (Å²) >= 11 is 0. The summed E-state index contributed by atoms with van der Waals surface area (Å²) in [5.41, 5.74) is 7.78. The lowest BCUT2D eigenvalue weighted by molar-refractivity contribution is -0.161. The minimum Gasteiger partial charge on any atom is -0.479 e. The molecule has 3 rings (SSSR count). The van der Waals surface area contributed by atoms with Crippen LogP contribution in [0.4, 0.5) is 0 Å². The van der Waals surface area contributed by atoms with Gasteiger partial charge >= 0.3 is 5.97 Å². The van der Waals surface area contributed by atoms with Crippen LogP contribution in [0.5, 0.6) is 0 Å². The van der Waals surface area contributed by atoms with Gasteiger partial charge in [0.2, 0.25) is 0 Å². The van der Waals surface area contributed by atoms with Gasteiger partial charge in [0.1, 0.15) is 0 Å². The van der Waals surface area contributed by atoms with Crippen LogP contribution in [0.1, 0.15) is 81.5 Å². The summed E-state index contributed by atoms with van der Waals surface area (Å²) in [4.78, 5) is 16.2. The topological polar surface area (TPSA) is 96.4 Å². The Kier molecular flexibility index (Phi) is 5.64. The third-order valence-corrected chi connectivity index (χ3v) is 6.80. The Bertz CT molecular complexity index is 689. The molecule has 5 heteroatoms. The molecule has 1 aromatic heterocycles. The van der Waals surface area contributed by atoms with E-state index in [9.17, 15) is 15.0 Å². The van der Waals surface area contributed by atoms with Gasteiger partial charge in [0.25, 0.3) is 0 Å². The van der Waals surface area contributed by atoms with Crippen LogP contribution in [0.2, 0.25) is 0 Å². The Morgan fingerprint density at radius 3 is 2.48 bits per heavy atom. The second-order valence-electron chi connectivity index (χ2n) is 9.45. The second kappa shape index (κ2) is 7.51. The van der Waals surface area contributed by atoms with E-state index < -0.39 is 17.6 Å². The summed E-state index contributed by atoms with van der Waals surface area (Å²) in [7, 11) is 0. The number of aliphatic carboxylic acids is 1. The molecule has 2 aliphatic carbocycles. The molecule has 0 saturated heterocycles. The number of hydrogen-bond donors (Lipinski definition) is 3. The van der Waals surface area contributed by atoms with Gasteiger partial charge in [-0.3, -0.25) is 4.98 Å². The molecular formula is C22H34N2O3. The van der Waals surface area contributed by atoms with Gasteiger partial charge in [-0.2, -0.15) is 0 Å². The molecule has 5 nitrogen and oxygen atoms in total. The first kappa shape index (κ1) is 20.3. The van der Waals surface area contributed by atoms with Crippen LogP contribution in [-0.2, 0) is 11.2 Å². The number of carboxylic acids is 1. The van der Waals surface area contributed by atoms with Crippen molar-refractivity contribution in [3.8, 4) is 0 Å². The molecule has 150 valence electrons. The summed E-state index contributed by atoms with van der Waals surface area (Å²) in [5.74, 6) is -0.544. The lowest BCUT2D eigenvalue weighted by Crippen LogP contribution is -2.56. The molecule has 2 fully saturated rings. The van der Waals surface area contributed by atoms with E-state index >= 15 is 0 Å². The highest BCUT2D eigenvalue weighted by atomic mass is 16.4. The third kappa shape index (κ3) is 4.35. The molecule has 2 atom stereocenters. The van der Waals surface area contributed by atoms with E-state index in [0.29, 0.717) is 23.4 Å². The first-order chi connectivity index (χ1) is 12.7. The van der Waals surface area contributed by atoms with E-state index in [1.54, 1.807) is 0 Å². The minimum atomic E-state index is -1.99. The van der Waals surface area contributed by atoms with Crippen molar-refractivity contribution in [3.05, 3.63) is 29.1 Å². The van der Waals surface area contributed by atoms with E-state index in [-0.39, 0.29) is 12.3 Å². The molecule has 0 amide bonds. The minimum absolute atomic E-state index is 0.0554. The van der Waals surface area contributed by atoms with E-state index in [4.69, 9.17) is 5.73 Å². The molecule has 4 N–H and O–H groups in total. The highest BCUT2D eigenvalue weighted by molar-refractivity contribution is 5.78. The fourth-order valence-corrected chi connectivity index (χ4v) is 4.68. The maximum atomic E-state index is 11.8. The highest BCUT2D eigenvalue weighted by Crippen LogP contribution is 2.58. The Morgan fingerprint density at radius 1 is 1.33 bits per heavy atom. The standard InChI is InChI=1S/C22H34N2O3/c1-14(2)10-19(23)22(27,20(25)26)12-17-11-18(15(3)13-24-17)16-4-6-21(7-5-16)8-9-21/h11,13-14,16,19,27H,4-10,12,23H2,1-3H3,(H,25,26)/t19-,22+/m0/s1. The maximum absolute atomic E-state index is 11.8. The summed E-state index contributed by atoms with van der Waals surface area (Å²) in [6.45, 7) is 6.02. The average Bonchev–Trinajstić information content (AvgIpc) is 3.35. The number of aliphatic hydroxyl groups is 1. The van der Waals surface area contributed by atoms with Gasteiger partial charge in [0.15, 0.2) is 5.60 Å². The van der Waals surface area contributed by atoms with E-state index in [1.165, 1.54) is 44.1 Å². The highest BCUT2D eigenvalue weighted by Gasteiger charge is 2.45. The van der Waals surface area contributed by atoms with Crippen LogP contribution in [-0.4, -0.2) is 32.8 Å². The van der Waals surface area contributed by atoms with E-state index in [1.807, 2.05) is 26.1 Å². The zero-order valence-corrected chi connectivity index (χ0v) is 16.9. The van der Waals surface area contributed by atoms with Gasteiger partial charge < -0.3 is 15.9 Å². The van der Waals surface area contributed by atoms with Crippen LogP contribution in [0.3, 0.4) is 0 Å². The van der Waals surface area contributed by atoms with Crippen molar-refractivity contribution in [3.63, 3.8) is 0 Å². The number of carboxylic acid groups (broad SMARTS) is 1. The molecule has 1 spiro atoms. The molecule has 0 aromatic carbocycles. The number of rotatable bonds is 7. The number of nitrogens with zero attached hydrogens (tertiary/aromatic N) is 1. The van der Waals surface area contributed by atoms with Crippen LogP contribution in [0, 0.1) is 18.3 Å². The predicted octanol–water partition coefficient (Wildman–Crippen LogP) is 3.56. The largest absolute Gasteiger partial charge is 0.479 e. The smallest absolute Gasteiger partial charge is 0.337 e. The molecule has 1 aromatic rings. The quantitative estimate of drug-likeness (QED) is 0.678. The zero-order chi connectivity index (χ0) is 19.8. The Labute approximate surface area is 162 Å². The molecule has 0 bridgehead atoms. The molecule has 0 aliphatic heterocycles. The SMILES string of the molecule is Cc1cnc(C[C@](O)(C(=O)O)[C@@H](N)CC(C)C)cc1C1CCC2(CC1)CC2. The van der Waals surface area contributed by atoms with Gasteiger partial charge in [-0.25, -0.2) is 4.79 Å². The van der Waals surface area contributed by atoms with Gasteiger partial charge in [0.05, 0.1) is 0 Å².